The largest absolute Gasteiger partial charge is 0.493 e. The van der Waals surface area contributed by atoms with Crippen molar-refractivity contribution in [2.45, 2.75) is 31.4 Å². The maximum absolute atomic E-state index is 12.9. The molecular formula is C24H31ClN2O4. The fourth-order valence-electron chi connectivity index (χ4n) is 4.48. The van der Waals surface area contributed by atoms with Crippen molar-refractivity contribution in [1.29, 1.82) is 0 Å². The Kier molecular flexibility index (Phi) is 8.18. The monoisotopic (exact) mass is 446 g/mol. The number of hydrogen-bond donors (Lipinski definition) is 1. The smallest absolute Gasteiger partial charge is 0.254 e. The Balaban J connectivity index is 0.00000272. The highest BCUT2D eigenvalue weighted by Crippen LogP contribution is 2.27. The fourth-order valence-corrected chi connectivity index (χ4v) is 4.48. The molecule has 0 aliphatic carbocycles. The number of aliphatic hydroxyl groups excluding tert-OH is 1. The van der Waals surface area contributed by atoms with Crippen molar-refractivity contribution in [2.24, 2.45) is 0 Å². The van der Waals surface area contributed by atoms with Crippen LogP contribution in [0.1, 0.15) is 28.8 Å². The van der Waals surface area contributed by atoms with Gasteiger partial charge in [-0.05, 0) is 43.0 Å². The molecule has 0 bridgehead atoms. The molecule has 4 rings (SSSR count). The molecular weight excluding hydrogens is 416 g/mol. The SMILES string of the molecule is COc1ccccc1OCC(O)CN1CCC(N2CCc3ccccc3C2=O)CC1.Cl. The van der Waals surface area contributed by atoms with Gasteiger partial charge in [0.25, 0.3) is 5.91 Å². The molecule has 168 valence electrons. The molecule has 2 aliphatic rings. The average molecular weight is 447 g/mol. The van der Waals surface area contributed by atoms with Crippen LogP contribution in [0.2, 0.25) is 0 Å². The van der Waals surface area contributed by atoms with Gasteiger partial charge in [-0.2, -0.15) is 0 Å². The lowest BCUT2D eigenvalue weighted by Crippen LogP contribution is -2.51. The molecule has 2 aliphatic heterocycles. The number of ether oxygens (including phenoxy) is 2. The van der Waals surface area contributed by atoms with Crippen molar-refractivity contribution in [3.8, 4) is 11.5 Å². The molecule has 1 fully saturated rings. The zero-order valence-corrected chi connectivity index (χ0v) is 18.7. The summed E-state index contributed by atoms with van der Waals surface area (Å²) in [7, 11) is 1.61. The number of methoxy groups -OCH3 is 1. The van der Waals surface area contributed by atoms with E-state index in [0.29, 0.717) is 18.0 Å². The number of piperidine rings is 1. The molecule has 0 spiro atoms. The van der Waals surface area contributed by atoms with E-state index in [1.54, 1.807) is 7.11 Å². The van der Waals surface area contributed by atoms with Crippen LogP contribution in [0.5, 0.6) is 11.5 Å². The first-order valence-electron chi connectivity index (χ1n) is 10.7. The Morgan fingerprint density at radius 1 is 1.03 bits per heavy atom. The maximum Gasteiger partial charge on any atom is 0.254 e. The zero-order valence-electron chi connectivity index (χ0n) is 17.9. The van der Waals surface area contributed by atoms with E-state index >= 15 is 0 Å². The minimum absolute atomic E-state index is 0. The highest BCUT2D eigenvalue weighted by atomic mass is 35.5. The summed E-state index contributed by atoms with van der Waals surface area (Å²) >= 11 is 0. The summed E-state index contributed by atoms with van der Waals surface area (Å²) in [6.07, 6.45) is 2.23. The van der Waals surface area contributed by atoms with E-state index in [-0.39, 0.29) is 31.0 Å². The van der Waals surface area contributed by atoms with Crippen LogP contribution in [0.15, 0.2) is 48.5 Å². The van der Waals surface area contributed by atoms with E-state index in [1.165, 1.54) is 0 Å². The van der Waals surface area contributed by atoms with Crippen molar-refractivity contribution in [3.05, 3.63) is 59.7 Å². The van der Waals surface area contributed by atoms with Gasteiger partial charge in [-0.15, -0.1) is 12.4 Å². The Morgan fingerprint density at radius 2 is 1.71 bits per heavy atom. The van der Waals surface area contributed by atoms with Gasteiger partial charge in [-0.1, -0.05) is 30.3 Å². The maximum atomic E-state index is 12.9. The molecule has 0 radical (unpaired) electrons. The molecule has 31 heavy (non-hydrogen) atoms. The molecule has 6 nitrogen and oxygen atoms in total. The molecule has 0 aromatic heterocycles. The van der Waals surface area contributed by atoms with Gasteiger partial charge in [0, 0.05) is 37.8 Å². The minimum atomic E-state index is -0.574. The number of rotatable bonds is 7. The van der Waals surface area contributed by atoms with Gasteiger partial charge < -0.3 is 24.4 Å². The van der Waals surface area contributed by atoms with Crippen LogP contribution in [0, 0.1) is 0 Å². The summed E-state index contributed by atoms with van der Waals surface area (Å²) in [4.78, 5) is 17.2. The quantitative estimate of drug-likeness (QED) is 0.708. The number of carbonyl (C=O) groups excluding carboxylic acids is 1. The lowest BCUT2D eigenvalue weighted by atomic mass is 9.95. The average Bonchev–Trinajstić information content (AvgIpc) is 2.79. The molecule has 0 saturated carbocycles. The van der Waals surface area contributed by atoms with Crippen LogP contribution in [0.25, 0.3) is 0 Å². The molecule has 1 saturated heterocycles. The van der Waals surface area contributed by atoms with E-state index in [4.69, 9.17) is 9.47 Å². The highest BCUT2D eigenvalue weighted by Gasteiger charge is 2.32. The topological polar surface area (TPSA) is 62.2 Å². The standard InChI is InChI=1S/C24H30N2O4.ClH/c1-29-22-8-4-5-9-23(22)30-17-20(27)16-25-13-11-19(12-14-25)26-15-10-18-6-2-3-7-21(18)24(26)28;/h2-9,19-20,27H,10-17H2,1H3;1H. The summed E-state index contributed by atoms with van der Waals surface area (Å²) in [6, 6.07) is 15.7. The van der Waals surface area contributed by atoms with Gasteiger partial charge in [0.05, 0.1) is 7.11 Å². The lowest BCUT2D eigenvalue weighted by molar-refractivity contribution is 0.0371. The Morgan fingerprint density at radius 3 is 2.45 bits per heavy atom. The number of β-amino-alcohol motifs (C(OH)–C–C–N with tert-alkyl or cyclic N) is 1. The first kappa shape index (κ1) is 23.4. The number of amides is 1. The lowest BCUT2D eigenvalue weighted by Gasteiger charge is -2.41. The third-order valence-corrected chi connectivity index (χ3v) is 6.10. The molecule has 1 unspecified atom stereocenters. The number of carbonyl (C=O) groups is 1. The Bertz CT molecular complexity index is 870. The number of halogens is 1. The second-order valence-electron chi connectivity index (χ2n) is 8.05. The van der Waals surface area contributed by atoms with Gasteiger partial charge in [-0.3, -0.25) is 4.79 Å². The van der Waals surface area contributed by atoms with Gasteiger partial charge in [-0.25, -0.2) is 0 Å². The van der Waals surface area contributed by atoms with Crippen molar-refractivity contribution < 1.29 is 19.4 Å². The summed E-state index contributed by atoms with van der Waals surface area (Å²) in [5.41, 5.74) is 2.02. The van der Waals surface area contributed by atoms with E-state index < -0.39 is 6.10 Å². The first-order valence-corrected chi connectivity index (χ1v) is 10.7. The first-order chi connectivity index (χ1) is 14.7. The van der Waals surface area contributed by atoms with Crippen molar-refractivity contribution in [3.63, 3.8) is 0 Å². The van der Waals surface area contributed by atoms with Crippen LogP contribution in [0.4, 0.5) is 0 Å². The summed E-state index contributed by atoms with van der Waals surface area (Å²) in [5, 5.41) is 10.4. The number of aliphatic hydroxyl groups is 1. The number of para-hydroxylation sites is 2. The van der Waals surface area contributed by atoms with Gasteiger partial charge in [0.1, 0.15) is 12.7 Å². The molecule has 1 atom stereocenters. The van der Waals surface area contributed by atoms with Crippen LogP contribution < -0.4 is 9.47 Å². The Hall–Kier alpha value is -2.28. The van der Waals surface area contributed by atoms with Crippen molar-refractivity contribution in [2.75, 3.05) is 39.9 Å². The third-order valence-electron chi connectivity index (χ3n) is 6.10. The summed E-state index contributed by atoms with van der Waals surface area (Å²) in [6.45, 7) is 3.35. The van der Waals surface area contributed by atoms with E-state index in [0.717, 1.165) is 50.0 Å². The number of benzene rings is 2. The molecule has 1 N–H and O–H groups in total. The van der Waals surface area contributed by atoms with Crippen molar-refractivity contribution in [1.82, 2.24) is 9.80 Å². The molecule has 2 heterocycles. The van der Waals surface area contributed by atoms with Crippen LogP contribution in [0.3, 0.4) is 0 Å². The van der Waals surface area contributed by atoms with Crippen LogP contribution in [-0.2, 0) is 6.42 Å². The molecule has 1 amide bonds. The normalized spacial score (nSPS) is 18.1. The zero-order chi connectivity index (χ0) is 20.9. The van der Waals surface area contributed by atoms with Crippen LogP contribution in [-0.4, -0.2) is 72.9 Å². The predicted octanol–water partition coefficient (Wildman–Crippen LogP) is 3.02. The molecule has 2 aromatic rings. The third kappa shape index (κ3) is 5.50. The van der Waals surface area contributed by atoms with Crippen molar-refractivity contribution >= 4 is 18.3 Å². The summed E-state index contributed by atoms with van der Waals surface area (Å²) in [5.74, 6) is 1.47. The van der Waals surface area contributed by atoms with Gasteiger partial charge in [0.2, 0.25) is 0 Å². The van der Waals surface area contributed by atoms with E-state index in [2.05, 4.69) is 15.9 Å². The number of hydrogen-bond acceptors (Lipinski definition) is 5. The number of nitrogens with zero attached hydrogens (tertiary/aromatic N) is 2. The summed E-state index contributed by atoms with van der Waals surface area (Å²) < 4.78 is 11.0. The minimum Gasteiger partial charge on any atom is -0.493 e. The highest BCUT2D eigenvalue weighted by molar-refractivity contribution is 5.96. The second kappa shape index (κ2) is 10.8. The second-order valence-corrected chi connectivity index (χ2v) is 8.05. The van der Waals surface area contributed by atoms with E-state index in [1.807, 2.05) is 42.5 Å². The van der Waals surface area contributed by atoms with Gasteiger partial charge >= 0.3 is 0 Å². The fraction of sp³-hybridized carbons (Fsp3) is 0.458. The molecule has 7 heteroatoms. The van der Waals surface area contributed by atoms with Gasteiger partial charge in [0.15, 0.2) is 11.5 Å². The number of likely N-dealkylation sites (tertiary alicyclic amines) is 1. The van der Waals surface area contributed by atoms with E-state index in [9.17, 15) is 9.90 Å². The molecule has 2 aromatic carbocycles. The number of fused-ring (bicyclic) bond motifs is 1. The predicted molar refractivity (Wildman–Crippen MR) is 122 cm³/mol. The van der Waals surface area contributed by atoms with Crippen LogP contribution >= 0.6 is 12.4 Å². The Labute approximate surface area is 190 Å².